The van der Waals surface area contributed by atoms with Gasteiger partial charge in [0.1, 0.15) is 12.6 Å². The molecule has 2 atom stereocenters. The third-order valence-electron chi connectivity index (χ3n) is 6.41. The lowest BCUT2D eigenvalue weighted by Crippen LogP contribution is -2.51. The summed E-state index contributed by atoms with van der Waals surface area (Å²) in [4.78, 5) is 36.3. The summed E-state index contributed by atoms with van der Waals surface area (Å²) in [5.74, 6) is -1.94. The van der Waals surface area contributed by atoms with Gasteiger partial charge >= 0.3 is 12.1 Å². The number of ether oxygens (including phenoxy) is 1. The molecule has 0 bridgehead atoms. The van der Waals surface area contributed by atoms with Crippen LogP contribution >= 0.6 is 0 Å². The number of carboxylic acids is 1. The summed E-state index contributed by atoms with van der Waals surface area (Å²) in [5, 5.41) is 24.5. The predicted octanol–water partition coefficient (Wildman–Crippen LogP) is 2.65. The molecule has 0 saturated heterocycles. The quantitative estimate of drug-likeness (QED) is 0.464. The number of hydrogen-bond donors (Lipinski definition) is 4. The summed E-state index contributed by atoms with van der Waals surface area (Å²) in [5.41, 5.74) is 3.22. The highest BCUT2D eigenvalue weighted by molar-refractivity contribution is 5.89. The third-order valence-corrected chi connectivity index (χ3v) is 6.41. The van der Waals surface area contributed by atoms with E-state index in [0.29, 0.717) is 0 Å². The molecule has 2 aromatic carbocycles. The van der Waals surface area contributed by atoms with Gasteiger partial charge in [-0.15, -0.1) is 0 Å². The molecule has 0 heterocycles. The molecule has 33 heavy (non-hydrogen) atoms. The fourth-order valence-corrected chi connectivity index (χ4v) is 4.41. The minimum atomic E-state index is -1.31. The first-order chi connectivity index (χ1) is 15.8. The normalized spacial score (nSPS) is 17.3. The van der Waals surface area contributed by atoms with Gasteiger partial charge in [-0.1, -0.05) is 48.5 Å². The first-order valence-corrected chi connectivity index (χ1v) is 11.1. The molecule has 0 spiro atoms. The molecule has 174 valence electrons. The molecule has 4 N–H and O–H groups in total. The molecule has 0 radical (unpaired) electrons. The largest absolute Gasteiger partial charge is 0.481 e. The van der Waals surface area contributed by atoms with Crippen molar-refractivity contribution in [3.63, 3.8) is 0 Å². The van der Waals surface area contributed by atoms with Crippen LogP contribution in [0.5, 0.6) is 0 Å². The molecule has 1 fully saturated rings. The lowest BCUT2D eigenvalue weighted by atomic mass is 9.98. The lowest BCUT2D eigenvalue weighted by molar-refractivity contribution is -0.140. The number of alkyl carbamates (subject to hydrolysis) is 1. The number of benzene rings is 2. The standard InChI is InChI=1S/C25H28N2O6/c1-25(32,15-10-11-15)14-26-23(30)21(12-22(28)29)27-24(31)33-13-20-18-8-4-2-6-16(18)17-7-3-5-9-19(17)20/h2-9,15,20-21,32H,10-14H2,1H3,(H,26,30)(H,27,31)(H,28,29). The summed E-state index contributed by atoms with van der Waals surface area (Å²) in [7, 11) is 0. The highest BCUT2D eigenvalue weighted by atomic mass is 16.5. The van der Waals surface area contributed by atoms with E-state index in [9.17, 15) is 24.6 Å². The minimum Gasteiger partial charge on any atom is -0.481 e. The SMILES string of the molecule is CC(O)(CNC(=O)C(CC(=O)O)NC(=O)OCC1c2ccccc2-c2ccccc21)C1CC1. The minimum absolute atomic E-state index is 0.0149. The molecule has 2 aromatic rings. The number of nitrogens with one attached hydrogen (secondary N) is 2. The topological polar surface area (TPSA) is 125 Å². The number of aliphatic hydroxyl groups is 1. The number of fused-ring (bicyclic) bond motifs is 3. The van der Waals surface area contributed by atoms with Gasteiger partial charge in [-0.25, -0.2) is 4.79 Å². The van der Waals surface area contributed by atoms with Gasteiger partial charge in [0.15, 0.2) is 0 Å². The van der Waals surface area contributed by atoms with Crippen molar-refractivity contribution in [2.75, 3.05) is 13.2 Å². The zero-order valence-electron chi connectivity index (χ0n) is 18.4. The van der Waals surface area contributed by atoms with E-state index in [1.807, 2.05) is 48.5 Å². The van der Waals surface area contributed by atoms with Gasteiger partial charge in [0.05, 0.1) is 12.0 Å². The Morgan fingerprint density at radius 2 is 1.64 bits per heavy atom. The van der Waals surface area contributed by atoms with Crippen LogP contribution in [0.3, 0.4) is 0 Å². The van der Waals surface area contributed by atoms with Gasteiger partial charge in [-0.05, 0) is 47.9 Å². The molecule has 8 nitrogen and oxygen atoms in total. The third kappa shape index (κ3) is 5.17. The highest BCUT2D eigenvalue weighted by Crippen LogP contribution is 2.44. The molecule has 2 aliphatic rings. The second-order valence-electron chi connectivity index (χ2n) is 8.97. The Labute approximate surface area is 192 Å². The molecule has 2 aliphatic carbocycles. The molecule has 8 heteroatoms. The number of carbonyl (C=O) groups is 3. The number of carboxylic acid groups (broad SMARTS) is 1. The van der Waals surface area contributed by atoms with Crippen LogP contribution in [0.25, 0.3) is 11.1 Å². The Morgan fingerprint density at radius 3 is 2.18 bits per heavy atom. The van der Waals surface area contributed by atoms with Crippen LogP contribution < -0.4 is 10.6 Å². The van der Waals surface area contributed by atoms with Gasteiger partial charge in [0, 0.05) is 12.5 Å². The fourth-order valence-electron chi connectivity index (χ4n) is 4.41. The van der Waals surface area contributed by atoms with Crippen LogP contribution in [0.4, 0.5) is 4.79 Å². The van der Waals surface area contributed by atoms with Crippen LogP contribution in [0, 0.1) is 5.92 Å². The summed E-state index contributed by atoms with van der Waals surface area (Å²) in [6.45, 7) is 1.67. The van der Waals surface area contributed by atoms with Crippen molar-refractivity contribution >= 4 is 18.0 Å². The van der Waals surface area contributed by atoms with E-state index in [-0.39, 0.29) is 25.0 Å². The number of amides is 2. The second kappa shape index (κ2) is 9.23. The van der Waals surface area contributed by atoms with Gasteiger partial charge in [-0.3, -0.25) is 9.59 Å². The van der Waals surface area contributed by atoms with Crippen molar-refractivity contribution in [1.82, 2.24) is 10.6 Å². The number of rotatable bonds is 9. The van der Waals surface area contributed by atoms with Gasteiger partial charge in [0.2, 0.25) is 5.91 Å². The van der Waals surface area contributed by atoms with E-state index in [2.05, 4.69) is 10.6 Å². The highest BCUT2D eigenvalue weighted by Gasteiger charge is 2.40. The van der Waals surface area contributed by atoms with E-state index in [4.69, 9.17) is 4.74 Å². The van der Waals surface area contributed by atoms with Crippen LogP contribution in [-0.2, 0) is 14.3 Å². The van der Waals surface area contributed by atoms with Crippen molar-refractivity contribution in [2.45, 2.75) is 43.7 Å². The van der Waals surface area contributed by atoms with E-state index in [1.165, 1.54) is 0 Å². The second-order valence-corrected chi connectivity index (χ2v) is 8.97. The van der Waals surface area contributed by atoms with Gasteiger partial charge in [0.25, 0.3) is 0 Å². The van der Waals surface area contributed by atoms with Crippen LogP contribution in [0.1, 0.15) is 43.2 Å². The van der Waals surface area contributed by atoms with Crippen molar-refractivity contribution < 1.29 is 29.3 Å². The Morgan fingerprint density at radius 1 is 1.06 bits per heavy atom. The van der Waals surface area contributed by atoms with Crippen molar-refractivity contribution in [1.29, 1.82) is 0 Å². The van der Waals surface area contributed by atoms with Gasteiger partial charge in [-0.2, -0.15) is 0 Å². The first kappa shape index (κ1) is 22.8. The Bertz CT molecular complexity index is 1020. The molecule has 4 rings (SSSR count). The average molecular weight is 453 g/mol. The molecular formula is C25H28N2O6. The number of carbonyl (C=O) groups excluding carboxylic acids is 2. The summed E-state index contributed by atoms with van der Waals surface area (Å²) < 4.78 is 5.42. The van der Waals surface area contributed by atoms with Gasteiger partial charge < -0.3 is 25.6 Å². The zero-order chi connectivity index (χ0) is 23.6. The number of aliphatic carboxylic acids is 1. The summed E-state index contributed by atoms with van der Waals surface area (Å²) in [6.07, 6.45) is 0.313. The number of hydrogen-bond acceptors (Lipinski definition) is 5. The van der Waals surface area contributed by atoms with Crippen LogP contribution in [0.2, 0.25) is 0 Å². The smallest absolute Gasteiger partial charge is 0.407 e. The van der Waals surface area contributed by atoms with E-state index >= 15 is 0 Å². The lowest BCUT2D eigenvalue weighted by Gasteiger charge is -2.25. The molecule has 0 aromatic heterocycles. The first-order valence-electron chi connectivity index (χ1n) is 11.1. The molecular weight excluding hydrogens is 424 g/mol. The molecule has 0 aliphatic heterocycles. The predicted molar refractivity (Wildman–Crippen MR) is 121 cm³/mol. The molecule has 1 saturated carbocycles. The van der Waals surface area contributed by atoms with E-state index in [0.717, 1.165) is 35.1 Å². The summed E-state index contributed by atoms with van der Waals surface area (Å²) in [6, 6.07) is 14.5. The monoisotopic (exact) mass is 452 g/mol. The van der Waals surface area contributed by atoms with Crippen LogP contribution in [0.15, 0.2) is 48.5 Å². The van der Waals surface area contributed by atoms with Crippen LogP contribution in [-0.4, -0.2) is 53.0 Å². The summed E-state index contributed by atoms with van der Waals surface area (Å²) >= 11 is 0. The Kier molecular flexibility index (Phi) is 6.37. The van der Waals surface area contributed by atoms with Crippen molar-refractivity contribution in [3.8, 4) is 11.1 Å². The molecule has 2 amide bonds. The van der Waals surface area contributed by atoms with Crippen molar-refractivity contribution in [3.05, 3.63) is 59.7 Å². The fraction of sp³-hybridized carbons (Fsp3) is 0.400. The maximum Gasteiger partial charge on any atom is 0.407 e. The van der Waals surface area contributed by atoms with Crippen molar-refractivity contribution in [2.24, 2.45) is 5.92 Å². The average Bonchev–Trinajstić information content (AvgIpc) is 3.60. The molecule has 2 unspecified atom stereocenters. The van der Waals surface area contributed by atoms with E-state index in [1.54, 1.807) is 6.92 Å². The van der Waals surface area contributed by atoms with E-state index < -0.39 is 36.0 Å². The zero-order valence-corrected chi connectivity index (χ0v) is 18.4. The Balaban J connectivity index is 1.38. The maximum atomic E-state index is 12.5. The Hall–Kier alpha value is -3.39. The maximum absolute atomic E-state index is 12.5.